The fraction of sp³-hybridized carbons (Fsp3) is 0.611. The molecule has 0 radical (unpaired) electrons. The molecule has 10 heteroatoms. The van der Waals surface area contributed by atoms with E-state index in [9.17, 15) is 24.3 Å². The monoisotopic (exact) mass is 635 g/mol. The summed E-state index contributed by atoms with van der Waals surface area (Å²) in [5.41, 5.74) is -0.672. The number of hydrogen-bond donors (Lipinski definition) is 2. The van der Waals surface area contributed by atoms with Crippen LogP contribution in [0.3, 0.4) is 0 Å². The molecule has 46 heavy (non-hydrogen) atoms. The minimum absolute atomic E-state index is 0.114. The van der Waals surface area contributed by atoms with Gasteiger partial charge < -0.3 is 29.7 Å². The zero-order chi connectivity index (χ0) is 33.2. The van der Waals surface area contributed by atoms with Gasteiger partial charge in [0.2, 0.25) is 17.7 Å². The average molecular weight is 636 g/mol. The second-order valence-electron chi connectivity index (χ2n) is 13.3. The van der Waals surface area contributed by atoms with Crippen molar-refractivity contribution in [3.63, 3.8) is 0 Å². The summed E-state index contributed by atoms with van der Waals surface area (Å²) in [4.78, 5) is 60.0. The van der Waals surface area contributed by atoms with E-state index in [4.69, 9.17) is 9.47 Å². The van der Waals surface area contributed by atoms with Gasteiger partial charge in [-0.3, -0.25) is 19.2 Å². The summed E-state index contributed by atoms with van der Waals surface area (Å²) in [5, 5.41) is 13.7. The average Bonchev–Trinajstić information content (AvgIpc) is 3.69. The maximum atomic E-state index is 14.9. The van der Waals surface area contributed by atoms with Gasteiger partial charge in [-0.25, -0.2) is 0 Å². The van der Waals surface area contributed by atoms with Crippen LogP contribution in [0.2, 0.25) is 0 Å². The van der Waals surface area contributed by atoms with Crippen molar-refractivity contribution >= 4 is 23.7 Å². The summed E-state index contributed by atoms with van der Waals surface area (Å²) in [6.45, 7) is 9.76. The molecule has 0 aliphatic carbocycles. The van der Waals surface area contributed by atoms with Crippen LogP contribution in [-0.2, 0) is 28.7 Å². The normalized spacial score (nSPS) is 34.2. The van der Waals surface area contributed by atoms with Crippen LogP contribution >= 0.6 is 0 Å². The molecule has 4 aliphatic heterocycles. The lowest BCUT2D eigenvalue weighted by atomic mass is 9.74. The standard InChI is InChI=1S/C36H49N3O7/c1-6-14-23(4)38-20-13-9-12-17-28(41)37-24(5)31(25-15-10-8-11-16-25)45-35(44)29-27-18-19-36(46-27)30(29)33(42)39(32(36)34(38)43)26(21-40)22(3)7-2/h8-11,13,15-16,18-19,22-24,26-27,29-32,40H,6-7,12,14,17,20-21H2,1-5H3,(H,37,41)/b13-9-/t22-,23?,24+,26-,27-,29+,30+,31-,32-,36+/m0/s1. The predicted octanol–water partition coefficient (Wildman–Crippen LogP) is 3.70. The number of carbonyl (C=O) groups is 4. The molecule has 1 spiro atoms. The maximum absolute atomic E-state index is 14.9. The molecule has 4 heterocycles. The first kappa shape index (κ1) is 33.9. The molecule has 1 unspecified atom stereocenters. The van der Waals surface area contributed by atoms with Crippen LogP contribution in [-0.4, -0.2) is 87.6 Å². The number of carbonyl (C=O) groups excluding carboxylic acids is 4. The minimum atomic E-state index is -1.38. The summed E-state index contributed by atoms with van der Waals surface area (Å²) in [6.07, 6.45) is 8.79. The van der Waals surface area contributed by atoms with Crippen molar-refractivity contribution in [2.45, 2.75) is 109 Å². The molecule has 0 aromatic heterocycles. The Balaban J connectivity index is 1.63. The highest BCUT2D eigenvalue weighted by Gasteiger charge is 2.74. The van der Waals surface area contributed by atoms with Gasteiger partial charge in [0.25, 0.3) is 0 Å². The van der Waals surface area contributed by atoms with Crippen LogP contribution < -0.4 is 5.32 Å². The van der Waals surface area contributed by atoms with Crippen LogP contribution in [0.5, 0.6) is 0 Å². The molecule has 1 aromatic rings. The van der Waals surface area contributed by atoms with Gasteiger partial charge in [0.05, 0.1) is 30.7 Å². The zero-order valence-corrected chi connectivity index (χ0v) is 27.6. The number of aliphatic hydroxyl groups is 1. The van der Waals surface area contributed by atoms with Crippen LogP contribution in [0.4, 0.5) is 0 Å². The van der Waals surface area contributed by atoms with Gasteiger partial charge in [-0.1, -0.05) is 88.2 Å². The summed E-state index contributed by atoms with van der Waals surface area (Å²) in [6, 6.07) is 6.81. The number of esters is 1. The zero-order valence-electron chi connectivity index (χ0n) is 27.6. The van der Waals surface area contributed by atoms with Crippen LogP contribution in [0.25, 0.3) is 0 Å². The molecular weight excluding hydrogens is 586 g/mol. The van der Waals surface area contributed by atoms with Gasteiger partial charge in [-0.2, -0.15) is 0 Å². The Morgan fingerprint density at radius 3 is 2.48 bits per heavy atom. The van der Waals surface area contributed by atoms with Gasteiger partial charge in [-0.05, 0) is 38.2 Å². The SMILES string of the molecule is CCCC(C)N1C/C=C\CCC(=O)N[C@H](C)[C@@H](c2ccccc2)OC(=O)[C@@H]2[C@@H]3C=C[C@]4(O3)[C@H](C1=O)N([C@@H](CO)[C@@H](C)CC)C(=O)[C@@H]24. The number of fused-ring (bicyclic) bond motifs is 2. The van der Waals surface area contributed by atoms with Gasteiger partial charge >= 0.3 is 5.97 Å². The Kier molecular flexibility index (Phi) is 10.4. The van der Waals surface area contributed by atoms with Crippen molar-refractivity contribution in [3.8, 4) is 0 Å². The molecule has 0 saturated carbocycles. The molecule has 10 atom stereocenters. The lowest BCUT2D eigenvalue weighted by molar-refractivity contribution is -0.162. The van der Waals surface area contributed by atoms with Gasteiger partial charge in [0, 0.05) is 19.0 Å². The number of aliphatic hydroxyl groups excluding tert-OH is 1. The number of benzene rings is 1. The Morgan fingerprint density at radius 1 is 1.07 bits per heavy atom. The first-order valence-corrected chi connectivity index (χ1v) is 16.9. The third-order valence-electron chi connectivity index (χ3n) is 10.4. The molecule has 4 aliphatic rings. The molecule has 10 nitrogen and oxygen atoms in total. The number of cyclic esters (lactones) is 1. The van der Waals surface area contributed by atoms with Gasteiger partial charge in [0.1, 0.15) is 23.7 Å². The third-order valence-corrected chi connectivity index (χ3v) is 10.4. The van der Waals surface area contributed by atoms with Crippen LogP contribution in [0, 0.1) is 17.8 Å². The quantitative estimate of drug-likeness (QED) is 0.330. The van der Waals surface area contributed by atoms with Gasteiger partial charge in [0.15, 0.2) is 0 Å². The molecule has 2 fully saturated rings. The number of allylic oxidation sites excluding steroid dienone is 1. The largest absolute Gasteiger partial charge is 0.455 e. The summed E-state index contributed by atoms with van der Waals surface area (Å²) >= 11 is 0. The number of hydrogen-bond acceptors (Lipinski definition) is 7. The fourth-order valence-electron chi connectivity index (χ4n) is 7.77. The Bertz CT molecular complexity index is 1350. The topological polar surface area (TPSA) is 125 Å². The number of nitrogens with one attached hydrogen (secondary N) is 1. The van der Waals surface area contributed by atoms with E-state index >= 15 is 0 Å². The number of amides is 3. The molecule has 5 bridgehead atoms. The second-order valence-corrected chi connectivity index (χ2v) is 13.3. The van der Waals surface area contributed by atoms with E-state index in [0.717, 1.165) is 12.8 Å². The van der Waals surface area contributed by atoms with Crippen molar-refractivity contribution in [1.82, 2.24) is 15.1 Å². The van der Waals surface area contributed by atoms with Crippen LogP contribution in [0.1, 0.15) is 78.4 Å². The molecule has 5 rings (SSSR count). The first-order chi connectivity index (χ1) is 22.1. The highest BCUT2D eigenvalue weighted by molar-refractivity contribution is 5.99. The van der Waals surface area contributed by atoms with E-state index in [-0.39, 0.29) is 42.7 Å². The van der Waals surface area contributed by atoms with Gasteiger partial charge in [-0.15, -0.1) is 0 Å². The van der Waals surface area contributed by atoms with E-state index in [1.807, 2.05) is 63.3 Å². The van der Waals surface area contributed by atoms with Crippen molar-refractivity contribution < 1.29 is 33.8 Å². The maximum Gasteiger partial charge on any atom is 0.313 e. The van der Waals surface area contributed by atoms with E-state index in [1.165, 1.54) is 4.90 Å². The van der Waals surface area contributed by atoms with Crippen molar-refractivity contribution in [2.24, 2.45) is 17.8 Å². The first-order valence-electron chi connectivity index (χ1n) is 16.9. The Morgan fingerprint density at radius 2 is 1.80 bits per heavy atom. The van der Waals surface area contributed by atoms with Crippen molar-refractivity contribution in [1.29, 1.82) is 0 Å². The van der Waals surface area contributed by atoms with E-state index in [2.05, 4.69) is 12.2 Å². The van der Waals surface area contributed by atoms with Crippen molar-refractivity contribution in [3.05, 3.63) is 60.2 Å². The molecule has 3 amide bonds. The predicted molar refractivity (Wildman–Crippen MR) is 172 cm³/mol. The number of nitrogens with zero attached hydrogens (tertiary/aromatic N) is 2. The van der Waals surface area contributed by atoms with E-state index < -0.39 is 53.7 Å². The summed E-state index contributed by atoms with van der Waals surface area (Å²) in [7, 11) is 0. The molecule has 2 N–H and O–H groups in total. The Hall–Kier alpha value is -3.50. The fourth-order valence-corrected chi connectivity index (χ4v) is 7.77. The molecular formula is C36H49N3O7. The summed E-state index contributed by atoms with van der Waals surface area (Å²) < 4.78 is 12.8. The van der Waals surface area contributed by atoms with Crippen LogP contribution in [0.15, 0.2) is 54.6 Å². The second kappa shape index (κ2) is 14.1. The third kappa shape index (κ3) is 6.01. The molecule has 2 saturated heterocycles. The van der Waals surface area contributed by atoms with E-state index in [1.54, 1.807) is 24.0 Å². The highest BCUT2D eigenvalue weighted by Crippen LogP contribution is 2.56. The summed E-state index contributed by atoms with van der Waals surface area (Å²) in [5.74, 6) is -3.58. The highest BCUT2D eigenvalue weighted by atomic mass is 16.6. The number of likely N-dealkylation sites (tertiary alicyclic amines) is 1. The molecule has 1 aromatic carbocycles. The lowest BCUT2D eigenvalue weighted by Crippen LogP contribution is -2.60. The number of rotatable bonds is 8. The number of ether oxygens (including phenoxy) is 2. The Labute approximate surface area is 272 Å². The van der Waals surface area contributed by atoms with Crippen molar-refractivity contribution in [2.75, 3.05) is 13.2 Å². The lowest BCUT2D eigenvalue weighted by Gasteiger charge is -2.41. The minimum Gasteiger partial charge on any atom is -0.455 e. The molecule has 250 valence electrons. The van der Waals surface area contributed by atoms with E-state index in [0.29, 0.717) is 24.9 Å². The smallest absolute Gasteiger partial charge is 0.313 e.